The zero-order chi connectivity index (χ0) is 15.3. The van der Waals surface area contributed by atoms with Gasteiger partial charge in [-0.25, -0.2) is 4.79 Å². The lowest BCUT2D eigenvalue weighted by atomic mass is 9.79. The molecule has 0 heterocycles. The van der Waals surface area contributed by atoms with Gasteiger partial charge in [0.1, 0.15) is 0 Å². The molecule has 6 heteroatoms. The first-order valence-electron chi connectivity index (χ1n) is 7.98. The fourth-order valence-electron chi connectivity index (χ4n) is 3.55. The van der Waals surface area contributed by atoms with Crippen molar-refractivity contribution >= 4 is 12.0 Å². The van der Waals surface area contributed by atoms with Crippen LogP contribution in [0.3, 0.4) is 0 Å². The number of amides is 2. The van der Waals surface area contributed by atoms with Crippen molar-refractivity contribution in [1.82, 2.24) is 10.6 Å². The van der Waals surface area contributed by atoms with Gasteiger partial charge in [-0.1, -0.05) is 19.3 Å². The Labute approximate surface area is 125 Å². The van der Waals surface area contributed by atoms with Crippen LogP contribution in [0, 0.1) is 0 Å². The monoisotopic (exact) mass is 298 g/mol. The van der Waals surface area contributed by atoms with Gasteiger partial charge in [0.2, 0.25) is 0 Å². The van der Waals surface area contributed by atoms with E-state index in [1.807, 2.05) is 0 Å². The van der Waals surface area contributed by atoms with Gasteiger partial charge in [-0.3, -0.25) is 4.79 Å². The van der Waals surface area contributed by atoms with E-state index in [4.69, 9.17) is 5.11 Å². The molecular weight excluding hydrogens is 272 g/mol. The average molecular weight is 298 g/mol. The maximum absolute atomic E-state index is 12.2. The minimum Gasteiger partial charge on any atom is -0.481 e. The number of carbonyl (C=O) groups is 2. The summed E-state index contributed by atoms with van der Waals surface area (Å²) < 4.78 is 0. The number of aliphatic hydroxyl groups excluding tert-OH is 1. The van der Waals surface area contributed by atoms with Crippen molar-refractivity contribution in [3.8, 4) is 0 Å². The van der Waals surface area contributed by atoms with Gasteiger partial charge in [-0.05, 0) is 38.5 Å². The standard InChI is InChI=1S/C15H26N2O4/c18-12-6-4-11(5-7-12)16-14(21)17-15(10-13(19)20)8-2-1-3-9-15/h11-12,18H,1-10H2,(H,19,20)(H2,16,17,21). The molecule has 0 aromatic carbocycles. The van der Waals surface area contributed by atoms with E-state index in [0.29, 0.717) is 12.8 Å². The fraction of sp³-hybridized carbons (Fsp3) is 0.867. The number of hydrogen-bond acceptors (Lipinski definition) is 3. The van der Waals surface area contributed by atoms with E-state index in [1.54, 1.807) is 0 Å². The second-order valence-corrected chi connectivity index (χ2v) is 6.52. The first kappa shape index (κ1) is 16.1. The van der Waals surface area contributed by atoms with Crippen LogP contribution in [0.15, 0.2) is 0 Å². The molecule has 0 aliphatic heterocycles. The first-order chi connectivity index (χ1) is 9.99. The van der Waals surface area contributed by atoms with Gasteiger partial charge < -0.3 is 20.8 Å². The number of urea groups is 1. The lowest BCUT2D eigenvalue weighted by Crippen LogP contribution is -2.56. The third-order valence-corrected chi connectivity index (χ3v) is 4.71. The van der Waals surface area contributed by atoms with Crippen molar-refractivity contribution in [2.24, 2.45) is 0 Å². The van der Waals surface area contributed by atoms with Crippen molar-refractivity contribution in [2.75, 3.05) is 0 Å². The van der Waals surface area contributed by atoms with Gasteiger partial charge >= 0.3 is 12.0 Å². The van der Waals surface area contributed by atoms with Crippen LogP contribution < -0.4 is 10.6 Å². The summed E-state index contributed by atoms with van der Waals surface area (Å²) in [5.74, 6) is -0.863. The minimum atomic E-state index is -0.863. The van der Waals surface area contributed by atoms with Crippen LogP contribution in [0.5, 0.6) is 0 Å². The van der Waals surface area contributed by atoms with E-state index in [9.17, 15) is 14.7 Å². The molecule has 0 aromatic heterocycles. The van der Waals surface area contributed by atoms with E-state index in [1.165, 1.54) is 0 Å². The highest BCUT2D eigenvalue weighted by molar-refractivity contribution is 5.77. The zero-order valence-electron chi connectivity index (χ0n) is 12.4. The summed E-state index contributed by atoms with van der Waals surface area (Å²) in [7, 11) is 0. The highest BCUT2D eigenvalue weighted by atomic mass is 16.4. The molecule has 21 heavy (non-hydrogen) atoms. The number of carbonyl (C=O) groups excluding carboxylic acids is 1. The van der Waals surface area contributed by atoms with Gasteiger partial charge in [0.05, 0.1) is 18.1 Å². The Kier molecular flexibility index (Phi) is 5.45. The topological polar surface area (TPSA) is 98.7 Å². The van der Waals surface area contributed by atoms with Gasteiger partial charge in [0.25, 0.3) is 0 Å². The molecule has 0 saturated heterocycles. The second-order valence-electron chi connectivity index (χ2n) is 6.52. The summed E-state index contributed by atoms with van der Waals surface area (Å²) in [5.41, 5.74) is -0.595. The molecule has 2 rings (SSSR count). The molecule has 4 N–H and O–H groups in total. The highest BCUT2D eigenvalue weighted by Gasteiger charge is 2.36. The van der Waals surface area contributed by atoms with Gasteiger partial charge in [-0.15, -0.1) is 0 Å². The summed E-state index contributed by atoms with van der Waals surface area (Å²) in [4.78, 5) is 23.3. The van der Waals surface area contributed by atoms with E-state index in [-0.39, 0.29) is 24.6 Å². The predicted octanol–water partition coefficient (Wildman–Crippen LogP) is 1.77. The SMILES string of the molecule is O=C(O)CC1(NC(=O)NC2CCC(O)CC2)CCCCC1. The van der Waals surface area contributed by atoms with Crippen LogP contribution in [0.25, 0.3) is 0 Å². The highest BCUT2D eigenvalue weighted by Crippen LogP contribution is 2.31. The zero-order valence-corrected chi connectivity index (χ0v) is 12.4. The molecule has 120 valence electrons. The van der Waals surface area contributed by atoms with E-state index < -0.39 is 11.5 Å². The Hall–Kier alpha value is -1.30. The number of aliphatic hydroxyl groups is 1. The summed E-state index contributed by atoms with van der Waals surface area (Å²) in [6.45, 7) is 0. The van der Waals surface area contributed by atoms with E-state index in [2.05, 4.69) is 10.6 Å². The van der Waals surface area contributed by atoms with Crippen LogP contribution in [-0.2, 0) is 4.79 Å². The van der Waals surface area contributed by atoms with E-state index in [0.717, 1.165) is 44.9 Å². The lowest BCUT2D eigenvalue weighted by Gasteiger charge is -2.37. The van der Waals surface area contributed by atoms with Crippen molar-refractivity contribution in [1.29, 1.82) is 0 Å². The molecule has 0 aromatic rings. The molecule has 0 spiro atoms. The van der Waals surface area contributed by atoms with E-state index >= 15 is 0 Å². The second kappa shape index (κ2) is 7.11. The molecule has 2 amide bonds. The van der Waals surface area contributed by atoms with Gasteiger partial charge in [-0.2, -0.15) is 0 Å². The quantitative estimate of drug-likeness (QED) is 0.635. The first-order valence-corrected chi connectivity index (χ1v) is 7.98. The largest absolute Gasteiger partial charge is 0.481 e. The summed E-state index contributed by atoms with van der Waals surface area (Å²) >= 11 is 0. The van der Waals surface area contributed by atoms with Crippen molar-refractivity contribution in [3.63, 3.8) is 0 Å². The predicted molar refractivity (Wildman–Crippen MR) is 78.0 cm³/mol. The third-order valence-electron chi connectivity index (χ3n) is 4.71. The van der Waals surface area contributed by atoms with Gasteiger partial charge in [0, 0.05) is 6.04 Å². The van der Waals surface area contributed by atoms with Crippen LogP contribution in [-0.4, -0.2) is 39.9 Å². The lowest BCUT2D eigenvalue weighted by molar-refractivity contribution is -0.139. The summed E-state index contributed by atoms with van der Waals surface area (Å²) in [6, 6.07) is -0.182. The molecule has 2 aliphatic carbocycles. The Morgan fingerprint density at radius 3 is 2.24 bits per heavy atom. The number of carboxylic acids is 1. The maximum atomic E-state index is 12.2. The van der Waals surface area contributed by atoms with Crippen LogP contribution in [0.2, 0.25) is 0 Å². The van der Waals surface area contributed by atoms with Crippen LogP contribution in [0.4, 0.5) is 4.79 Å². The van der Waals surface area contributed by atoms with Crippen LogP contribution >= 0.6 is 0 Å². The minimum absolute atomic E-state index is 0.0101. The molecule has 2 fully saturated rings. The molecular formula is C15H26N2O4. The molecule has 0 radical (unpaired) electrons. The smallest absolute Gasteiger partial charge is 0.315 e. The summed E-state index contributed by atoms with van der Waals surface area (Å²) in [6.07, 6.45) is 7.22. The van der Waals surface area contributed by atoms with Crippen molar-refractivity contribution in [3.05, 3.63) is 0 Å². The van der Waals surface area contributed by atoms with Crippen LogP contribution in [0.1, 0.15) is 64.2 Å². The average Bonchev–Trinajstić information content (AvgIpc) is 2.41. The molecule has 2 saturated carbocycles. The molecule has 2 aliphatic rings. The van der Waals surface area contributed by atoms with Crippen molar-refractivity contribution in [2.45, 2.75) is 81.9 Å². The Bertz CT molecular complexity index is 372. The number of rotatable bonds is 4. The Morgan fingerprint density at radius 1 is 1.05 bits per heavy atom. The maximum Gasteiger partial charge on any atom is 0.315 e. The van der Waals surface area contributed by atoms with Crippen molar-refractivity contribution < 1.29 is 19.8 Å². The fourth-order valence-corrected chi connectivity index (χ4v) is 3.55. The number of nitrogens with one attached hydrogen (secondary N) is 2. The normalized spacial score (nSPS) is 28.6. The molecule has 0 unspecified atom stereocenters. The molecule has 0 atom stereocenters. The third kappa shape index (κ3) is 4.88. The molecule has 0 bridgehead atoms. The number of aliphatic carboxylic acids is 1. The summed E-state index contributed by atoms with van der Waals surface area (Å²) in [5, 5.41) is 24.4. The molecule has 6 nitrogen and oxygen atoms in total. The Morgan fingerprint density at radius 2 is 1.67 bits per heavy atom. The number of hydrogen-bond donors (Lipinski definition) is 4. The van der Waals surface area contributed by atoms with Gasteiger partial charge in [0.15, 0.2) is 0 Å². The number of carboxylic acid groups (broad SMARTS) is 1. The Balaban J connectivity index is 1.87.